The first kappa shape index (κ1) is 28.8. The largest absolute Gasteiger partial charge is 0.435 e. The second kappa shape index (κ2) is 10.6. The first-order chi connectivity index (χ1) is 19.7. The Morgan fingerprint density at radius 1 is 1.10 bits per heavy atom. The van der Waals surface area contributed by atoms with Gasteiger partial charge < -0.3 is 9.57 Å². The van der Waals surface area contributed by atoms with E-state index in [-0.39, 0.29) is 29.4 Å². The quantitative estimate of drug-likeness (QED) is 0.223. The van der Waals surface area contributed by atoms with Crippen molar-refractivity contribution in [3.8, 4) is 16.9 Å². The van der Waals surface area contributed by atoms with Crippen LogP contribution in [0.3, 0.4) is 0 Å². The van der Waals surface area contributed by atoms with Crippen LogP contribution in [0, 0.1) is 12.8 Å². The molecule has 0 spiro atoms. The van der Waals surface area contributed by atoms with E-state index in [0.717, 1.165) is 21.3 Å². The van der Waals surface area contributed by atoms with E-state index in [9.17, 15) is 31.2 Å². The number of carbonyl (C=O) groups excluding carboxylic acids is 2. The van der Waals surface area contributed by atoms with Crippen LogP contribution >= 0.6 is 0 Å². The number of esters is 1. The highest BCUT2D eigenvalue weighted by molar-refractivity contribution is 7.90. The molecule has 1 unspecified atom stereocenters. The molecule has 1 saturated heterocycles. The summed E-state index contributed by atoms with van der Waals surface area (Å²) in [6.07, 6.45) is -5.61. The Labute approximate surface area is 236 Å². The minimum atomic E-state index is -4.69. The fourth-order valence-electron chi connectivity index (χ4n) is 4.09. The Bertz CT molecular complexity index is 1700. The molecule has 1 amide bonds. The van der Waals surface area contributed by atoms with Crippen LogP contribution in [0.2, 0.25) is 0 Å². The second-order valence-corrected chi connectivity index (χ2v) is 11.3. The molecule has 3 heterocycles. The number of halogens is 3. The average molecular weight is 611 g/mol. The summed E-state index contributed by atoms with van der Waals surface area (Å²) in [6, 6.07) is 12.7. The number of hydrogen-bond acceptors (Lipinski definition) is 9. The van der Waals surface area contributed by atoms with Crippen molar-refractivity contribution in [2.75, 3.05) is 18.1 Å². The molecule has 1 aliphatic heterocycles. The number of nitrogens with one attached hydrogen (secondary N) is 1. The topological polar surface area (TPSA) is 143 Å². The minimum absolute atomic E-state index is 0.116. The third-order valence-corrected chi connectivity index (χ3v) is 7.64. The Morgan fingerprint density at radius 2 is 1.74 bits per heavy atom. The van der Waals surface area contributed by atoms with Crippen molar-refractivity contribution in [1.29, 1.82) is 0 Å². The summed E-state index contributed by atoms with van der Waals surface area (Å²) in [4.78, 5) is 29.6. The predicted octanol–water partition coefficient (Wildman–Crippen LogP) is 2.47. The van der Waals surface area contributed by atoms with E-state index < -0.39 is 46.0 Å². The molecule has 1 fully saturated rings. The van der Waals surface area contributed by atoms with Crippen molar-refractivity contribution in [2.45, 2.75) is 38.1 Å². The third kappa shape index (κ3) is 6.14. The highest BCUT2D eigenvalue weighted by atomic mass is 32.2. The second-order valence-electron chi connectivity index (χ2n) is 9.58. The molecular formula is C25H25F3N6O7S. The zero-order chi connectivity index (χ0) is 30.4. The van der Waals surface area contributed by atoms with E-state index in [1.54, 1.807) is 24.3 Å². The van der Waals surface area contributed by atoms with Crippen molar-refractivity contribution >= 4 is 21.9 Å². The van der Waals surface area contributed by atoms with Gasteiger partial charge in [-0.15, -0.1) is 0 Å². The standard InChI is InChI=1S/C25H25F3N6O7S/c1-15-4-6-18(7-5-15)22-12-23(25(26,27)28)29-32(22)20-8-10-21(11-9-20)42(37,38)30-24(36)19-13-31(14-19)33-34(41-33)40-17(3)39-16(2)35/h4-12,17,19H,13-14H2,1-3H3,(H,30,36). The molecule has 42 heavy (non-hydrogen) atoms. The molecule has 0 bridgehead atoms. The molecule has 1 aliphatic rings. The molecule has 2 aromatic heterocycles. The number of carbonyl (C=O) groups is 2. The number of aromatic nitrogens is 4. The van der Waals surface area contributed by atoms with Gasteiger partial charge in [-0.1, -0.05) is 29.8 Å². The van der Waals surface area contributed by atoms with Gasteiger partial charge in [-0.25, -0.2) is 17.8 Å². The first-order valence-corrected chi connectivity index (χ1v) is 14.0. The molecule has 0 radical (unpaired) electrons. The van der Waals surface area contributed by atoms with E-state index in [1.165, 1.54) is 48.1 Å². The number of ether oxygens (including phenoxy) is 1. The molecular weight excluding hydrogens is 585 g/mol. The summed E-state index contributed by atoms with van der Waals surface area (Å²) in [5.74, 6) is -1.98. The number of amides is 1. The van der Waals surface area contributed by atoms with Gasteiger partial charge in [-0.2, -0.15) is 22.9 Å². The zero-order valence-electron chi connectivity index (χ0n) is 22.4. The summed E-state index contributed by atoms with van der Waals surface area (Å²) in [5, 5.41) is 6.18. The van der Waals surface area contributed by atoms with Gasteiger partial charge in [-0.3, -0.25) is 14.6 Å². The number of alkyl halides is 3. The molecule has 224 valence electrons. The number of benzene rings is 2. The maximum atomic E-state index is 13.5. The van der Waals surface area contributed by atoms with E-state index >= 15 is 0 Å². The van der Waals surface area contributed by atoms with Crippen LogP contribution in [0.25, 0.3) is 16.9 Å². The highest BCUT2D eigenvalue weighted by Crippen LogP contribution is 2.33. The van der Waals surface area contributed by atoms with Crippen molar-refractivity contribution in [3.63, 3.8) is 0 Å². The van der Waals surface area contributed by atoms with Gasteiger partial charge in [0.25, 0.3) is 16.3 Å². The van der Waals surface area contributed by atoms with Crippen LogP contribution in [-0.2, 0) is 30.5 Å². The fraction of sp³-hybridized carbons (Fsp3) is 0.320. The molecule has 2 aromatic carbocycles. The lowest BCUT2D eigenvalue weighted by Gasteiger charge is -2.34. The van der Waals surface area contributed by atoms with Gasteiger partial charge in [0.1, 0.15) is 5.02 Å². The molecule has 0 saturated carbocycles. The number of sulfonamides is 1. The monoisotopic (exact) mass is 610 g/mol. The van der Waals surface area contributed by atoms with E-state index in [0.29, 0.717) is 5.56 Å². The van der Waals surface area contributed by atoms with Gasteiger partial charge >= 0.3 is 12.1 Å². The fourth-order valence-corrected chi connectivity index (χ4v) is 5.14. The maximum Gasteiger partial charge on any atom is 0.435 e. The van der Waals surface area contributed by atoms with Crippen molar-refractivity contribution < 1.29 is 45.4 Å². The molecule has 13 nitrogen and oxygen atoms in total. The summed E-state index contributed by atoms with van der Waals surface area (Å²) < 4.78 is 79.1. The van der Waals surface area contributed by atoms with Gasteiger partial charge in [-0.05, 0) is 37.3 Å². The molecule has 5 rings (SSSR count). The normalized spacial score (nSPS) is 14.9. The lowest BCUT2D eigenvalue weighted by Crippen LogP contribution is -2.58. The SMILES string of the molecule is CC(=O)OC(C)On1on1N1CC(C(=O)NS(=O)(=O)c2ccc(-n3nc(C(F)(F)F)cc3-c3ccc(C)cc3)cc2)C1. The lowest BCUT2D eigenvalue weighted by molar-refractivity contribution is -0.179. The number of aryl methyl sites for hydroxylation is 1. The number of hydrogen-bond donors (Lipinski definition) is 1. The average Bonchev–Trinajstić information content (AvgIpc) is 3.43. The summed E-state index contributed by atoms with van der Waals surface area (Å²) in [6.45, 7) is 4.77. The Hall–Kier alpha value is -4.67. The summed E-state index contributed by atoms with van der Waals surface area (Å²) in [7, 11) is -4.28. The Morgan fingerprint density at radius 3 is 2.33 bits per heavy atom. The van der Waals surface area contributed by atoms with Crippen LogP contribution in [0.15, 0.2) is 64.1 Å². The van der Waals surface area contributed by atoms with Crippen molar-refractivity contribution in [2.24, 2.45) is 5.92 Å². The van der Waals surface area contributed by atoms with E-state index in [1.807, 2.05) is 11.6 Å². The van der Waals surface area contributed by atoms with Gasteiger partial charge in [0.15, 0.2) is 5.69 Å². The van der Waals surface area contributed by atoms with E-state index in [2.05, 4.69) is 5.10 Å². The van der Waals surface area contributed by atoms with Crippen LogP contribution in [-0.4, -0.2) is 59.4 Å². The van der Waals surface area contributed by atoms with Crippen LogP contribution in [0.1, 0.15) is 25.1 Å². The summed E-state index contributed by atoms with van der Waals surface area (Å²) in [5.41, 5.74) is 0.671. The van der Waals surface area contributed by atoms with Crippen molar-refractivity contribution in [3.05, 3.63) is 65.9 Å². The van der Waals surface area contributed by atoms with Crippen LogP contribution in [0.4, 0.5) is 13.2 Å². The highest BCUT2D eigenvalue weighted by Gasteiger charge is 2.40. The number of rotatable bonds is 9. The van der Waals surface area contributed by atoms with E-state index in [4.69, 9.17) is 14.2 Å². The number of nitrogens with zero attached hydrogens (tertiary/aromatic N) is 5. The first-order valence-electron chi connectivity index (χ1n) is 12.5. The molecule has 4 aromatic rings. The van der Waals surface area contributed by atoms with Crippen LogP contribution in [0.5, 0.6) is 0 Å². The molecule has 17 heteroatoms. The Balaban J connectivity index is 1.24. The minimum Gasteiger partial charge on any atom is -0.423 e. The van der Waals surface area contributed by atoms with Gasteiger partial charge in [0, 0.05) is 24.4 Å². The Kier molecular flexibility index (Phi) is 7.30. The molecule has 1 atom stereocenters. The lowest BCUT2D eigenvalue weighted by atomic mass is 10.0. The summed E-state index contributed by atoms with van der Waals surface area (Å²) >= 11 is 0. The van der Waals surface area contributed by atoms with Crippen LogP contribution < -0.4 is 14.6 Å². The predicted molar refractivity (Wildman–Crippen MR) is 138 cm³/mol. The van der Waals surface area contributed by atoms with Crippen molar-refractivity contribution in [1.82, 2.24) is 24.5 Å². The third-order valence-electron chi connectivity index (χ3n) is 6.28. The maximum absolute atomic E-state index is 13.5. The smallest absolute Gasteiger partial charge is 0.423 e. The molecule has 1 N–H and O–H groups in total. The zero-order valence-corrected chi connectivity index (χ0v) is 23.2. The van der Waals surface area contributed by atoms with Gasteiger partial charge in [0.05, 0.1) is 35.3 Å². The van der Waals surface area contributed by atoms with Gasteiger partial charge in [0.2, 0.25) is 5.91 Å². The molecule has 0 aliphatic carbocycles.